The third kappa shape index (κ3) is 5.77. The highest BCUT2D eigenvalue weighted by Gasteiger charge is 2.25. The number of ether oxygens (including phenoxy) is 1. The largest absolute Gasteiger partial charge is 0.393 e. The highest BCUT2D eigenvalue weighted by Crippen LogP contribution is 2.33. The summed E-state index contributed by atoms with van der Waals surface area (Å²) in [4.78, 5) is 0. The fraction of sp³-hybridized carbons (Fsp3) is 1.00. The van der Waals surface area contributed by atoms with Crippen LogP contribution in [0.1, 0.15) is 45.4 Å². The Morgan fingerprint density at radius 1 is 1.24 bits per heavy atom. The van der Waals surface area contributed by atoms with E-state index in [4.69, 9.17) is 4.74 Å². The quantitative estimate of drug-likeness (QED) is 0.703. The number of hydrogen-bond donors (Lipinski definition) is 1. The summed E-state index contributed by atoms with van der Waals surface area (Å²) < 4.78 is 28.4. The van der Waals surface area contributed by atoms with Crippen LogP contribution in [0.4, 0.5) is 8.78 Å². The number of hydrogen-bond acceptors (Lipinski definition) is 2. The smallest absolute Gasteiger partial charge is 0.261 e. The van der Waals surface area contributed by atoms with Crippen molar-refractivity contribution in [1.82, 2.24) is 0 Å². The van der Waals surface area contributed by atoms with Crippen molar-refractivity contribution in [2.45, 2.75) is 58.0 Å². The van der Waals surface area contributed by atoms with Crippen molar-refractivity contribution in [3.05, 3.63) is 0 Å². The van der Waals surface area contributed by atoms with E-state index < -0.39 is 13.0 Å². The fourth-order valence-corrected chi connectivity index (χ4v) is 2.59. The number of alkyl halides is 2. The predicted octanol–water partition coefficient (Wildman–Crippen LogP) is 3.24. The first-order valence-corrected chi connectivity index (χ1v) is 6.67. The van der Waals surface area contributed by atoms with Crippen molar-refractivity contribution in [3.8, 4) is 0 Å². The van der Waals surface area contributed by atoms with Gasteiger partial charge in [0, 0.05) is 6.61 Å². The zero-order chi connectivity index (χ0) is 12.7. The van der Waals surface area contributed by atoms with E-state index in [2.05, 4.69) is 6.92 Å². The van der Waals surface area contributed by atoms with E-state index in [1.54, 1.807) is 0 Å². The second kappa shape index (κ2) is 7.98. The highest BCUT2D eigenvalue weighted by atomic mass is 19.3. The number of aliphatic hydroxyl groups is 1. The Morgan fingerprint density at radius 3 is 2.41 bits per heavy atom. The molecule has 17 heavy (non-hydrogen) atoms. The van der Waals surface area contributed by atoms with Crippen LogP contribution in [0, 0.1) is 11.8 Å². The maximum Gasteiger partial charge on any atom is 0.261 e. The van der Waals surface area contributed by atoms with Crippen LogP contribution in [-0.4, -0.2) is 30.8 Å². The Balaban J connectivity index is 2.09. The molecule has 0 saturated heterocycles. The fourth-order valence-electron chi connectivity index (χ4n) is 2.59. The van der Waals surface area contributed by atoms with Crippen molar-refractivity contribution >= 4 is 0 Å². The summed E-state index contributed by atoms with van der Waals surface area (Å²) in [7, 11) is 0. The van der Waals surface area contributed by atoms with Gasteiger partial charge in [0.25, 0.3) is 6.43 Å². The molecule has 0 aliphatic heterocycles. The Morgan fingerprint density at radius 2 is 1.88 bits per heavy atom. The average molecular weight is 250 g/mol. The third-order valence-electron chi connectivity index (χ3n) is 3.81. The molecule has 0 amide bonds. The first kappa shape index (κ1) is 14.8. The molecule has 1 atom stereocenters. The molecule has 0 spiro atoms. The molecule has 0 aromatic heterocycles. The molecule has 1 unspecified atom stereocenters. The van der Waals surface area contributed by atoms with Gasteiger partial charge < -0.3 is 9.84 Å². The van der Waals surface area contributed by atoms with Gasteiger partial charge >= 0.3 is 0 Å². The lowest BCUT2D eigenvalue weighted by Crippen LogP contribution is -2.27. The van der Waals surface area contributed by atoms with Crippen molar-refractivity contribution in [2.24, 2.45) is 11.8 Å². The zero-order valence-corrected chi connectivity index (χ0v) is 10.6. The van der Waals surface area contributed by atoms with Crippen LogP contribution in [0.5, 0.6) is 0 Å². The SMILES string of the molecule is CCC1CCC(C(O)CCOCC(F)F)CC1. The first-order valence-electron chi connectivity index (χ1n) is 6.67. The topological polar surface area (TPSA) is 29.5 Å². The summed E-state index contributed by atoms with van der Waals surface area (Å²) >= 11 is 0. The van der Waals surface area contributed by atoms with Gasteiger partial charge in [0.1, 0.15) is 6.61 Å². The van der Waals surface area contributed by atoms with Crippen LogP contribution >= 0.6 is 0 Å². The van der Waals surface area contributed by atoms with Crippen LogP contribution in [0.3, 0.4) is 0 Å². The second-order valence-electron chi connectivity index (χ2n) is 5.01. The molecule has 2 nitrogen and oxygen atoms in total. The molecule has 0 heterocycles. The second-order valence-corrected chi connectivity index (χ2v) is 5.01. The lowest BCUT2D eigenvalue weighted by Gasteiger charge is -2.31. The van der Waals surface area contributed by atoms with Crippen molar-refractivity contribution in [3.63, 3.8) is 0 Å². The molecule has 0 radical (unpaired) electrons. The predicted molar refractivity (Wildman–Crippen MR) is 63.2 cm³/mol. The summed E-state index contributed by atoms with van der Waals surface area (Å²) in [5, 5.41) is 9.93. The summed E-state index contributed by atoms with van der Waals surface area (Å²) in [5.41, 5.74) is 0. The Kier molecular flexibility index (Phi) is 6.97. The van der Waals surface area contributed by atoms with Gasteiger partial charge in [0.2, 0.25) is 0 Å². The summed E-state index contributed by atoms with van der Waals surface area (Å²) in [6.07, 6.45) is 3.42. The van der Waals surface area contributed by atoms with Gasteiger partial charge in [-0.15, -0.1) is 0 Å². The minimum atomic E-state index is -2.41. The van der Waals surface area contributed by atoms with Crippen molar-refractivity contribution in [2.75, 3.05) is 13.2 Å². The highest BCUT2D eigenvalue weighted by molar-refractivity contribution is 4.76. The molecule has 1 aliphatic rings. The molecule has 1 saturated carbocycles. The minimum absolute atomic E-state index is 0.235. The van der Waals surface area contributed by atoms with Gasteiger partial charge in [-0.3, -0.25) is 0 Å². The van der Waals surface area contributed by atoms with Gasteiger partial charge in [0.15, 0.2) is 0 Å². The molecule has 1 aliphatic carbocycles. The Hall–Kier alpha value is -0.220. The molecular weight excluding hydrogens is 226 g/mol. The standard InChI is InChI=1S/C13H24F2O2/c1-2-10-3-5-11(6-4-10)12(16)7-8-17-9-13(14)15/h10-13,16H,2-9H2,1H3. The van der Waals surface area contributed by atoms with Crippen molar-refractivity contribution < 1.29 is 18.6 Å². The van der Waals surface area contributed by atoms with Gasteiger partial charge in [0.05, 0.1) is 6.10 Å². The number of aliphatic hydroxyl groups excluding tert-OH is 1. The minimum Gasteiger partial charge on any atom is -0.393 e. The lowest BCUT2D eigenvalue weighted by atomic mass is 9.78. The summed E-state index contributed by atoms with van der Waals surface area (Å²) in [6.45, 7) is 1.92. The Bertz CT molecular complexity index is 192. The van der Waals surface area contributed by atoms with E-state index in [1.165, 1.54) is 19.3 Å². The van der Waals surface area contributed by atoms with E-state index >= 15 is 0 Å². The molecular formula is C13H24F2O2. The van der Waals surface area contributed by atoms with E-state index in [0.29, 0.717) is 12.3 Å². The van der Waals surface area contributed by atoms with Gasteiger partial charge in [-0.1, -0.05) is 26.2 Å². The first-order chi connectivity index (χ1) is 8.13. The maximum atomic E-state index is 11.8. The maximum absolute atomic E-state index is 11.8. The molecule has 0 aromatic carbocycles. The summed E-state index contributed by atoms with van der Waals surface area (Å²) in [6, 6.07) is 0. The molecule has 0 aromatic rings. The molecule has 1 N–H and O–H groups in total. The molecule has 1 rings (SSSR count). The van der Waals surface area contributed by atoms with E-state index in [9.17, 15) is 13.9 Å². The van der Waals surface area contributed by atoms with Crippen LogP contribution in [0.2, 0.25) is 0 Å². The number of rotatable bonds is 7. The van der Waals surface area contributed by atoms with Crippen LogP contribution in [0.15, 0.2) is 0 Å². The van der Waals surface area contributed by atoms with Gasteiger partial charge in [-0.2, -0.15) is 0 Å². The van der Waals surface area contributed by atoms with Crippen molar-refractivity contribution in [1.29, 1.82) is 0 Å². The third-order valence-corrected chi connectivity index (χ3v) is 3.81. The Labute approximate surface area is 102 Å². The number of halogens is 2. The molecule has 0 bridgehead atoms. The van der Waals surface area contributed by atoms with E-state index in [1.807, 2.05) is 0 Å². The molecule has 4 heteroatoms. The van der Waals surface area contributed by atoms with Gasteiger partial charge in [-0.25, -0.2) is 8.78 Å². The molecule has 102 valence electrons. The monoisotopic (exact) mass is 250 g/mol. The van der Waals surface area contributed by atoms with E-state index in [-0.39, 0.29) is 12.7 Å². The lowest BCUT2D eigenvalue weighted by molar-refractivity contribution is -0.00774. The normalized spacial score (nSPS) is 27.4. The summed E-state index contributed by atoms with van der Waals surface area (Å²) in [5.74, 6) is 1.15. The van der Waals surface area contributed by atoms with E-state index in [0.717, 1.165) is 18.8 Å². The van der Waals surface area contributed by atoms with Crippen LogP contribution in [0.25, 0.3) is 0 Å². The average Bonchev–Trinajstić information content (AvgIpc) is 2.34. The van der Waals surface area contributed by atoms with Crippen LogP contribution in [-0.2, 0) is 4.74 Å². The van der Waals surface area contributed by atoms with Gasteiger partial charge in [-0.05, 0) is 31.1 Å². The van der Waals surface area contributed by atoms with Crippen LogP contribution < -0.4 is 0 Å². The molecule has 1 fully saturated rings. The zero-order valence-electron chi connectivity index (χ0n) is 10.6.